The highest BCUT2D eigenvalue weighted by Crippen LogP contribution is 2.26. The van der Waals surface area contributed by atoms with Crippen molar-refractivity contribution >= 4 is 18.3 Å². The first-order valence-electron chi connectivity index (χ1n) is 8.44. The Kier molecular flexibility index (Phi) is 5.81. The van der Waals surface area contributed by atoms with Crippen LogP contribution in [0.2, 0.25) is 0 Å². The summed E-state index contributed by atoms with van der Waals surface area (Å²) in [4.78, 5) is 39.4. The van der Waals surface area contributed by atoms with E-state index in [0.29, 0.717) is 25.3 Å². The maximum absolute atomic E-state index is 12.0. The fourth-order valence-electron chi connectivity index (χ4n) is 2.53. The van der Waals surface area contributed by atoms with E-state index in [0.717, 1.165) is 12.8 Å². The largest absolute Gasteiger partial charge is 0.444 e. The first-order valence-corrected chi connectivity index (χ1v) is 8.44. The number of hydrogen-bond donors (Lipinski definition) is 2. The SMILES string of the molecule is CC(C)(C)OC(=O)N[C@H](C=O)C[C@@H]1CC(C#[N+]C2CC2)CNC1=O. The molecule has 1 aliphatic heterocycles. The lowest BCUT2D eigenvalue weighted by Crippen LogP contribution is -2.46. The van der Waals surface area contributed by atoms with E-state index < -0.39 is 17.7 Å². The van der Waals surface area contributed by atoms with Crippen LogP contribution in [0, 0.1) is 17.9 Å². The van der Waals surface area contributed by atoms with E-state index >= 15 is 0 Å². The van der Waals surface area contributed by atoms with Crippen LogP contribution in [0.5, 0.6) is 0 Å². The number of alkyl carbamates (subject to hydrolysis) is 1. The molecule has 24 heavy (non-hydrogen) atoms. The molecule has 3 atom stereocenters. The minimum atomic E-state index is -0.755. The zero-order valence-electron chi connectivity index (χ0n) is 14.5. The van der Waals surface area contributed by atoms with Gasteiger partial charge in [-0.05, 0) is 33.6 Å². The molecule has 1 saturated heterocycles. The van der Waals surface area contributed by atoms with E-state index in [2.05, 4.69) is 21.5 Å². The fraction of sp³-hybridized carbons (Fsp3) is 0.765. The molecule has 2 aliphatic rings. The number of nitrogens with zero attached hydrogens (tertiary/aromatic N) is 1. The molecular weight excluding hydrogens is 310 g/mol. The molecule has 2 fully saturated rings. The van der Waals surface area contributed by atoms with Crippen molar-refractivity contribution in [2.24, 2.45) is 11.8 Å². The van der Waals surface area contributed by atoms with Crippen molar-refractivity contribution in [3.63, 3.8) is 0 Å². The predicted octanol–water partition coefficient (Wildman–Crippen LogP) is 1.72. The van der Waals surface area contributed by atoms with Gasteiger partial charge in [0, 0.05) is 25.3 Å². The maximum atomic E-state index is 12.0. The number of aldehydes is 1. The molecule has 1 unspecified atom stereocenters. The number of ether oxygens (including phenoxy) is 1. The van der Waals surface area contributed by atoms with Gasteiger partial charge >= 0.3 is 6.09 Å². The first-order chi connectivity index (χ1) is 11.3. The van der Waals surface area contributed by atoms with Gasteiger partial charge in [0.05, 0.1) is 6.04 Å². The lowest BCUT2D eigenvalue weighted by atomic mass is 9.86. The van der Waals surface area contributed by atoms with Crippen molar-refractivity contribution < 1.29 is 19.1 Å². The van der Waals surface area contributed by atoms with Crippen LogP contribution < -0.4 is 10.6 Å². The summed E-state index contributed by atoms with van der Waals surface area (Å²) in [5.41, 5.74) is -0.640. The molecule has 0 bridgehead atoms. The summed E-state index contributed by atoms with van der Waals surface area (Å²) in [5.74, 6) is -0.393. The fourth-order valence-corrected chi connectivity index (χ4v) is 2.53. The van der Waals surface area contributed by atoms with Gasteiger partial charge in [-0.1, -0.05) is 4.85 Å². The lowest BCUT2D eigenvalue weighted by molar-refractivity contribution is -0.127. The molecule has 132 valence electrons. The summed E-state index contributed by atoms with van der Waals surface area (Å²) in [7, 11) is 0. The Hall–Kier alpha value is -2.10. The van der Waals surface area contributed by atoms with Gasteiger partial charge in [0.1, 0.15) is 17.8 Å². The van der Waals surface area contributed by atoms with Gasteiger partial charge in [-0.15, -0.1) is 0 Å². The van der Waals surface area contributed by atoms with Crippen LogP contribution in [-0.2, 0) is 14.3 Å². The summed E-state index contributed by atoms with van der Waals surface area (Å²) in [6, 6.07) is 2.75. The molecule has 0 aromatic heterocycles. The standard InChI is InChI=1S/C17H25N3O4/c1-17(2,3)24-16(23)20-14(10-21)7-12-6-11(9-19-15(12)22)8-18-13-4-5-13/h10-14H,4-7,9H2,1-3H3,(H-,19,20,22,23)/p+1/t11?,12-,14-/m0/s1. The van der Waals surface area contributed by atoms with Crippen molar-refractivity contribution in [2.45, 2.75) is 64.1 Å². The highest BCUT2D eigenvalue weighted by atomic mass is 16.6. The number of nitrogens with one attached hydrogen (secondary N) is 2. The van der Waals surface area contributed by atoms with E-state index in [1.165, 1.54) is 0 Å². The zero-order valence-corrected chi connectivity index (χ0v) is 14.5. The Morgan fingerprint density at radius 3 is 2.79 bits per heavy atom. The van der Waals surface area contributed by atoms with Gasteiger partial charge in [-0.25, -0.2) is 4.79 Å². The number of rotatable bonds is 4. The molecule has 7 heteroatoms. The summed E-state index contributed by atoms with van der Waals surface area (Å²) >= 11 is 0. The Morgan fingerprint density at radius 2 is 2.21 bits per heavy atom. The molecule has 2 amide bonds. The monoisotopic (exact) mass is 336 g/mol. The summed E-state index contributed by atoms with van der Waals surface area (Å²) in [5, 5.41) is 5.34. The van der Waals surface area contributed by atoms with Gasteiger partial charge in [0.15, 0.2) is 0 Å². The second-order valence-corrected chi connectivity index (χ2v) is 7.49. The van der Waals surface area contributed by atoms with Crippen molar-refractivity contribution in [1.29, 1.82) is 0 Å². The summed E-state index contributed by atoms with van der Waals surface area (Å²) in [6.07, 6.45) is 3.04. The van der Waals surface area contributed by atoms with Gasteiger partial charge in [-0.3, -0.25) is 4.79 Å². The average Bonchev–Trinajstić information content (AvgIpc) is 3.29. The maximum Gasteiger partial charge on any atom is 0.408 e. The second kappa shape index (κ2) is 7.65. The van der Waals surface area contributed by atoms with E-state index in [4.69, 9.17) is 4.74 Å². The Balaban J connectivity index is 1.88. The van der Waals surface area contributed by atoms with Crippen molar-refractivity contribution in [1.82, 2.24) is 10.6 Å². The van der Waals surface area contributed by atoms with Gasteiger partial charge in [0.2, 0.25) is 5.91 Å². The quantitative estimate of drug-likeness (QED) is 0.765. The molecule has 0 aromatic rings. The predicted molar refractivity (Wildman–Crippen MR) is 88.7 cm³/mol. The molecule has 7 nitrogen and oxygen atoms in total. The molecule has 2 rings (SSSR count). The molecular formula is C17H26N3O4+. The Bertz CT molecular complexity index is 554. The highest BCUT2D eigenvalue weighted by Gasteiger charge is 2.35. The minimum absolute atomic E-state index is 0.0575. The van der Waals surface area contributed by atoms with Crippen LogP contribution in [0.15, 0.2) is 0 Å². The molecule has 0 radical (unpaired) electrons. The number of piperidine rings is 1. The minimum Gasteiger partial charge on any atom is -0.444 e. The zero-order chi connectivity index (χ0) is 17.7. The van der Waals surface area contributed by atoms with Crippen molar-refractivity contribution in [3.05, 3.63) is 4.85 Å². The van der Waals surface area contributed by atoms with E-state index in [1.54, 1.807) is 20.8 Å². The van der Waals surface area contributed by atoms with Gasteiger partial charge in [0.25, 0.3) is 12.1 Å². The highest BCUT2D eigenvalue weighted by molar-refractivity contribution is 5.81. The van der Waals surface area contributed by atoms with Crippen molar-refractivity contribution in [3.8, 4) is 6.07 Å². The number of hydrogen-bond acceptors (Lipinski definition) is 4. The normalized spacial score (nSPS) is 24.9. The lowest BCUT2D eigenvalue weighted by Gasteiger charge is -2.27. The topological polar surface area (TPSA) is 88.9 Å². The molecule has 1 aliphatic carbocycles. The third-order valence-corrected chi connectivity index (χ3v) is 3.85. The van der Waals surface area contributed by atoms with Crippen molar-refractivity contribution in [2.75, 3.05) is 6.54 Å². The van der Waals surface area contributed by atoms with Crippen LogP contribution in [0.4, 0.5) is 4.79 Å². The van der Waals surface area contributed by atoms with Crippen LogP contribution in [0.1, 0.15) is 46.5 Å². The molecule has 0 aromatic carbocycles. The van der Waals surface area contributed by atoms with Crippen LogP contribution in [-0.4, -0.2) is 42.5 Å². The van der Waals surface area contributed by atoms with E-state index in [-0.39, 0.29) is 24.2 Å². The van der Waals surface area contributed by atoms with Crippen LogP contribution in [0.25, 0.3) is 4.85 Å². The summed E-state index contributed by atoms with van der Waals surface area (Å²) < 4.78 is 5.14. The summed E-state index contributed by atoms with van der Waals surface area (Å²) in [6.45, 7) is 5.76. The number of carbonyl (C=O) groups is 3. The molecule has 2 N–H and O–H groups in total. The second-order valence-electron chi connectivity index (χ2n) is 7.49. The third-order valence-electron chi connectivity index (χ3n) is 3.85. The molecule has 1 heterocycles. The average molecular weight is 336 g/mol. The number of carbonyl (C=O) groups excluding carboxylic acids is 3. The van der Waals surface area contributed by atoms with E-state index in [1.807, 2.05) is 0 Å². The molecule has 0 spiro atoms. The van der Waals surface area contributed by atoms with Crippen LogP contribution >= 0.6 is 0 Å². The van der Waals surface area contributed by atoms with E-state index in [9.17, 15) is 14.4 Å². The van der Waals surface area contributed by atoms with Gasteiger partial charge in [-0.2, -0.15) is 0 Å². The Labute approximate surface area is 142 Å². The number of amides is 2. The third kappa shape index (κ3) is 6.19. The first kappa shape index (κ1) is 18.2. The smallest absolute Gasteiger partial charge is 0.408 e. The molecule has 1 saturated carbocycles. The van der Waals surface area contributed by atoms with Gasteiger partial charge < -0.3 is 20.2 Å². The Morgan fingerprint density at radius 1 is 1.50 bits per heavy atom. The van der Waals surface area contributed by atoms with Crippen LogP contribution in [0.3, 0.4) is 0 Å².